The van der Waals surface area contributed by atoms with Crippen molar-refractivity contribution in [3.8, 4) is 0 Å². The minimum absolute atomic E-state index is 0.156. The Morgan fingerprint density at radius 3 is 3.08 bits per heavy atom. The lowest BCUT2D eigenvalue weighted by molar-refractivity contribution is 0.893. The van der Waals surface area contributed by atoms with Crippen molar-refractivity contribution in [1.82, 2.24) is 9.61 Å². The van der Waals surface area contributed by atoms with Gasteiger partial charge in [-0.2, -0.15) is 5.10 Å². The van der Waals surface area contributed by atoms with E-state index in [-0.39, 0.29) is 5.84 Å². The van der Waals surface area contributed by atoms with Crippen LogP contribution in [0.15, 0.2) is 30.5 Å². The van der Waals surface area contributed by atoms with Crippen molar-refractivity contribution in [1.29, 1.82) is 5.41 Å². The van der Waals surface area contributed by atoms with Crippen molar-refractivity contribution in [3.63, 3.8) is 0 Å². The molecule has 2 rings (SSSR count). The zero-order valence-corrected chi connectivity index (χ0v) is 7.07. The topological polar surface area (TPSA) is 67.2 Å². The van der Waals surface area contributed by atoms with Crippen molar-refractivity contribution in [2.24, 2.45) is 5.73 Å². The number of aromatic nitrogens is 2. The molecule has 0 radical (unpaired) electrons. The van der Waals surface area contributed by atoms with Crippen LogP contribution in [0.4, 0.5) is 0 Å². The predicted molar refractivity (Wildman–Crippen MR) is 50.8 cm³/mol. The summed E-state index contributed by atoms with van der Waals surface area (Å²) in [5.41, 5.74) is 7.29. The second kappa shape index (κ2) is 2.90. The number of amidine groups is 1. The van der Waals surface area contributed by atoms with E-state index in [0.717, 1.165) is 11.2 Å². The fourth-order valence-corrected chi connectivity index (χ4v) is 1.34. The van der Waals surface area contributed by atoms with Crippen LogP contribution in [0, 0.1) is 5.41 Å². The van der Waals surface area contributed by atoms with Crippen molar-refractivity contribution < 1.29 is 0 Å². The molecular weight excluding hydrogens is 164 g/mol. The van der Waals surface area contributed by atoms with Gasteiger partial charge in [0.2, 0.25) is 0 Å². The molecule has 13 heavy (non-hydrogen) atoms. The van der Waals surface area contributed by atoms with Gasteiger partial charge < -0.3 is 5.73 Å². The highest BCUT2D eigenvalue weighted by molar-refractivity contribution is 5.79. The predicted octanol–water partition coefficient (Wildman–Crippen LogP) is 0.813. The fourth-order valence-electron chi connectivity index (χ4n) is 1.34. The maximum Gasteiger partial charge on any atom is 0.0966 e. The Balaban J connectivity index is 2.54. The van der Waals surface area contributed by atoms with Crippen LogP contribution >= 0.6 is 0 Å². The molecule has 0 aliphatic carbocycles. The molecular formula is C9H10N4. The first-order valence-corrected chi connectivity index (χ1v) is 4.02. The summed E-state index contributed by atoms with van der Waals surface area (Å²) < 4.78 is 1.79. The monoisotopic (exact) mass is 174 g/mol. The molecule has 0 unspecified atom stereocenters. The smallest absolute Gasteiger partial charge is 0.0966 e. The largest absolute Gasteiger partial charge is 0.387 e. The van der Waals surface area contributed by atoms with Crippen LogP contribution in [0.1, 0.15) is 5.69 Å². The quantitative estimate of drug-likeness (QED) is 0.522. The molecule has 0 atom stereocenters. The number of rotatable bonds is 2. The van der Waals surface area contributed by atoms with Gasteiger partial charge in [0, 0.05) is 12.6 Å². The van der Waals surface area contributed by atoms with Crippen LogP contribution < -0.4 is 5.73 Å². The zero-order valence-electron chi connectivity index (χ0n) is 7.07. The zero-order chi connectivity index (χ0) is 9.26. The third kappa shape index (κ3) is 1.38. The molecule has 2 heterocycles. The first kappa shape index (κ1) is 7.79. The molecule has 2 aromatic rings. The van der Waals surface area contributed by atoms with Crippen molar-refractivity contribution in [3.05, 3.63) is 36.2 Å². The number of nitrogens with two attached hydrogens (primary N) is 1. The van der Waals surface area contributed by atoms with Crippen LogP contribution in [0.3, 0.4) is 0 Å². The standard InChI is InChI=1S/C9H10N4/c10-9(11)6-8-3-1-2-7-4-5-12-13(7)8/h1-5H,6H2,(H3,10,11). The van der Waals surface area contributed by atoms with E-state index in [1.807, 2.05) is 24.3 Å². The van der Waals surface area contributed by atoms with Crippen molar-refractivity contribution in [2.45, 2.75) is 6.42 Å². The van der Waals surface area contributed by atoms with Crippen LogP contribution in [0.5, 0.6) is 0 Å². The Labute approximate surface area is 75.5 Å². The van der Waals surface area contributed by atoms with E-state index in [4.69, 9.17) is 11.1 Å². The fraction of sp³-hybridized carbons (Fsp3) is 0.111. The number of hydrogen-bond acceptors (Lipinski definition) is 2. The summed E-state index contributed by atoms with van der Waals surface area (Å²) in [5.74, 6) is 0.156. The van der Waals surface area contributed by atoms with Crippen LogP contribution in [-0.4, -0.2) is 15.4 Å². The highest BCUT2D eigenvalue weighted by Crippen LogP contribution is 2.06. The van der Waals surface area contributed by atoms with Gasteiger partial charge in [-0.1, -0.05) is 6.07 Å². The molecule has 0 saturated carbocycles. The molecule has 0 saturated heterocycles. The highest BCUT2D eigenvalue weighted by Gasteiger charge is 2.01. The van der Waals surface area contributed by atoms with Crippen LogP contribution in [0.25, 0.3) is 5.52 Å². The molecule has 4 nitrogen and oxygen atoms in total. The maximum absolute atomic E-state index is 7.20. The van der Waals surface area contributed by atoms with Gasteiger partial charge in [0.1, 0.15) is 0 Å². The number of pyridine rings is 1. The third-order valence-corrected chi connectivity index (χ3v) is 1.87. The summed E-state index contributed by atoms with van der Waals surface area (Å²) in [6.45, 7) is 0. The Morgan fingerprint density at radius 2 is 2.31 bits per heavy atom. The van der Waals surface area contributed by atoms with Gasteiger partial charge in [-0.05, 0) is 18.2 Å². The van der Waals surface area contributed by atoms with Crippen LogP contribution in [0.2, 0.25) is 0 Å². The minimum atomic E-state index is 0.156. The molecule has 0 amide bonds. The van der Waals surface area contributed by atoms with Gasteiger partial charge in [-0.25, -0.2) is 4.52 Å². The Kier molecular flexibility index (Phi) is 1.73. The Hall–Kier alpha value is -1.84. The van der Waals surface area contributed by atoms with Gasteiger partial charge in [0.25, 0.3) is 0 Å². The van der Waals surface area contributed by atoms with Crippen molar-refractivity contribution in [2.75, 3.05) is 0 Å². The first-order chi connectivity index (χ1) is 6.27. The molecule has 0 spiro atoms. The highest BCUT2D eigenvalue weighted by atomic mass is 15.2. The Bertz CT molecular complexity index is 444. The first-order valence-electron chi connectivity index (χ1n) is 4.02. The molecule has 4 heteroatoms. The molecule has 2 aromatic heterocycles. The molecule has 66 valence electrons. The second-order valence-corrected chi connectivity index (χ2v) is 2.89. The van der Waals surface area contributed by atoms with E-state index in [9.17, 15) is 0 Å². The van der Waals surface area contributed by atoms with Gasteiger partial charge in [-0.15, -0.1) is 0 Å². The number of fused-ring (bicyclic) bond motifs is 1. The van der Waals surface area contributed by atoms with Crippen LogP contribution in [-0.2, 0) is 6.42 Å². The summed E-state index contributed by atoms with van der Waals surface area (Å²) in [6, 6.07) is 7.75. The molecule has 0 aromatic carbocycles. The van der Waals surface area contributed by atoms with E-state index < -0.39 is 0 Å². The molecule has 0 aliphatic rings. The lowest BCUT2D eigenvalue weighted by Gasteiger charge is -2.02. The molecule has 0 fully saturated rings. The summed E-state index contributed by atoms with van der Waals surface area (Å²) in [4.78, 5) is 0. The second-order valence-electron chi connectivity index (χ2n) is 2.89. The van der Waals surface area contributed by atoms with E-state index in [1.54, 1.807) is 10.7 Å². The van der Waals surface area contributed by atoms with E-state index >= 15 is 0 Å². The number of hydrogen-bond donors (Lipinski definition) is 2. The van der Waals surface area contributed by atoms with Gasteiger partial charge in [0.15, 0.2) is 0 Å². The average molecular weight is 174 g/mol. The van der Waals surface area contributed by atoms with Crippen molar-refractivity contribution >= 4 is 11.4 Å². The lowest BCUT2D eigenvalue weighted by atomic mass is 10.2. The average Bonchev–Trinajstić information content (AvgIpc) is 2.51. The maximum atomic E-state index is 7.20. The summed E-state index contributed by atoms with van der Waals surface area (Å²) in [5, 5.41) is 11.3. The van der Waals surface area contributed by atoms with E-state index in [0.29, 0.717) is 6.42 Å². The molecule has 0 bridgehead atoms. The summed E-state index contributed by atoms with van der Waals surface area (Å²) in [7, 11) is 0. The normalized spacial score (nSPS) is 10.5. The van der Waals surface area contributed by atoms with E-state index in [2.05, 4.69) is 5.10 Å². The van der Waals surface area contributed by atoms with Gasteiger partial charge in [-0.3, -0.25) is 5.41 Å². The Morgan fingerprint density at radius 1 is 1.46 bits per heavy atom. The molecule has 0 aliphatic heterocycles. The van der Waals surface area contributed by atoms with E-state index in [1.165, 1.54) is 0 Å². The molecule has 3 N–H and O–H groups in total. The minimum Gasteiger partial charge on any atom is -0.387 e. The number of nitrogens with one attached hydrogen (secondary N) is 1. The lowest BCUT2D eigenvalue weighted by Crippen LogP contribution is -2.15. The van der Waals surface area contributed by atoms with Gasteiger partial charge in [0.05, 0.1) is 17.0 Å². The summed E-state index contributed by atoms with van der Waals surface area (Å²) >= 11 is 0. The third-order valence-electron chi connectivity index (χ3n) is 1.87. The summed E-state index contributed by atoms with van der Waals surface area (Å²) in [6.07, 6.45) is 2.18. The SMILES string of the molecule is N=C(N)Cc1cccc2ccnn12. The van der Waals surface area contributed by atoms with Gasteiger partial charge >= 0.3 is 0 Å². The number of nitrogens with zero attached hydrogens (tertiary/aromatic N) is 2.